The summed E-state index contributed by atoms with van der Waals surface area (Å²) in [7, 11) is 0. The Bertz CT molecular complexity index is 790. The van der Waals surface area contributed by atoms with E-state index in [1.165, 1.54) is 5.56 Å². The lowest BCUT2D eigenvalue weighted by molar-refractivity contribution is -0.153. The molecule has 162 valence electrons. The fourth-order valence-electron chi connectivity index (χ4n) is 3.93. The average Bonchev–Trinajstić information content (AvgIpc) is 2.72. The van der Waals surface area contributed by atoms with Gasteiger partial charge in [-0.1, -0.05) is 42.5 Å². The third-order valence-electron chi connectivity index (χ3n) is 5.39. The number of piperidine rings is 1. The van der Waals surface area contributed by atoms with Crippen LogP contribution < -0.4 is 4.74 Å². The summed E-state index contributed by atoms with van der Waals surface area (Å²) in [5.74, 6) is 0.907. The molecule has 0 saturated carbocycles. The van der Waals surface area contributed by atoms with Crippen LogP contribution in [-0.4, -0.2) is 36.6 Å². The molecule has 0 bridgehead atoms. The summed E-state index contributed by atoms with van der Waals surface area (Å²) in [6.45, 7) is 1.30. The standard InChI is InChI=1S/C24H28F3NO2/c25-24(26,27)18-30-23-12-9-20(10-13-23)16-28-14-4-7-21(17-28)15-22(29)11-8-19-5-2-1-3-6-19/h1-3,5-6,9-10,12-13,21H,4,7-8,11,14-18H2. The number of nitrogens with zero attached hydrogens (tertiary/aromatic N) is 1. The van der Waals surface area contributed by atoms with Crippen molar-refractivity contribution in [3.05, 3.63) is 65.7 Å². The van der Waals surface area contributed by atoms with Crippen molar-refractivity contribution in [2.24, 2.45) is 5.92 Å². The first kappa shape index (κ1) is 22.3. The Morgan fingerprint density at radius 2 is 1.77 bits per heavy atom. The molecule has 0 N–H and O–H groups in total. The van der Waals surface area contributed by atoms with Crippen molar-refractivity contribution in [3.8, 4) is 5.75 Å². The summed E-state index contributed by atoms with van der Waals surface area (Å²) >= 11 is 0. The highest BCUT2D eigenvalue weighted by molar-refractivity contribution is 5.78. The molecule has 1 fully saturated rings. The Hall–Kier alpha value is -2.34. The van der Waals surface area contributed by atoms with Gasteiger partial charge in [-0.2, -0.15) is 13.2 Å². The van der Waals surface area contributed by atoms with Crippen LogP contribution in [0.15, 0.2) is 54.6 Å². The number of alkyl halides is 3. The molecule has 2 aromatic rings. The van der Waals surface area contributed by atoms with Gasteiger partial charge in [0.25, 0.3) is 0 Å². The monoisotopic (exact) mass is 419 g/mol. The molecule has 0 aliphatic carbocycles. The number of carbonyl (C=O) groups excluding carboxylic acids is 1. The van der Waals surface area contributed by atoms with Crippen molar-refractivity contribution in [1.82, 2.24) is 4.90 Å². The molecule has 1 saturated heterocycles. The van der Waals surface area contributed by atoms with Gasteiger partial charge in [-0.05, 0) is 55.0 Å². The maximum atomic E-state index is 12.4. The summed E-state index contributed by atoms with van der Waals surface area (Å²) < 4.78 is 41.5. The molecule has 1 unspecified atom stereocenters. The van der Waals surface area contributed by atoms with Gasteiger partial charge in [-0.15, -0.1) is 0 Å². The number of aryl methyl sites for hydroxylation is 1. The van der Waals surface area contributed by atoms with Gasteiger partial charge in [0.15, 0.2) is 6.61 Å². The van der Waals surface area contributed by atoms with E-state index in [1.807, 2.05) is 18.2 Å². The fourth-order valence-corrected chi connectivity index (χ4v) is 3.93. The minimum absolute atomic E-state index is 0.219. The molecule has 2 aromatic carbocycles. The normalized spacial score (nSPS) is 17.6. The van der Waals surface area contributed by atoms with Crippen molar-refractivity contribution in [1.29, 1.82) is 0 Å². The Balaban J connectivity index is 1.42. The summed E-state index contributed by atoms with van der Waals surface area (Å²) in [6, 6.07) is 16.8. The van der Waals surface area contributed by atoms with E-state index >= 15 is 0 Å². The number of ketones is 1. The topological polar surface area (TPSA) is 29.5 Å². The van der Waals surface area contributed by atoms with Crippen LogP contribution in [0.2, 0.25) is 0 Å². The van der Waals surface area contributed by atoms with Gasteiger partial charge >= 0.3 is 6.18 Å². The number of hydrogen-bond donors (Lipinski definition) is 0. The highest BCUT2D eigenvalue weighted by Gasteiger charge is 2.28. The molecule has 0 radical (unpaired) electrons. The van der Waals surface area contributed by atoms with E-state index < -0.39 is 12.8 Å². The number of hydrogen-bond acceptors (Lipinski definition) is 3. The van der Waals surface area contributed by atoms with Crippen molar-refractivity contribution in [2.75, 3.05) is 19.7 Å². The number of likely N-dealkylation sites (tertiary alicyclic amines) is 1. The summed E-state index contributed by atoms with van der Waals surface area (Å²) in [5, 5.41) is 0. The predicted octanol–water partition coefficient (Wildman–Crippen LogP) is 5.43. The van der Waals surface area contributed by atoms with Gasteiger partial charge in [-0.25, -0.2) is 0 Å². The second kappa shape index (κ2) is 10.6. The first-order chi connectivity index (χ1) is 14.4. The largest absolute Gasteiger partial charge is 0.484 e. The lowest BCUT2D eigenvalue weighted by Gasteiger charge is -2.32. The number of benzene rings is 2. The molecule has 1 heterocycles. The van der Waals surface area contributed by atoms with E-state index in [2.05, 4.69) is 17.0 Å². The highest BCUT2D eigenvalue weighted by Crippen LogP contribution is 2.24. The zero-order chi connectivity index (χ0) is 21.4. The number of Topliss-reactive ketones (excluding diaryl/α,β-unsaturated/α-hetero) is 1. The Morgan fingerprint density at radius 3 is 2.47 bits per heavy atom. The van der Waals surface area contributed by atoms with Crippen LogP contribution >= 0.6 is 0 Å². The predicted molar refractivity (Wildman–Crippen MR) is 110 cm³/mol. The van der Waals surface area contributed by atoms with Gasteiger partial charge in [0.2, 0.25) is 0 Å². The van der Waals surface area contributed by atoms with Gasteiger partial charge in [0, 0.05) is 25.9 Å². The molecule has 6 heteroatoms. The van der Waals surface area contributed by atoms with Crippen molar-refractivity contribution in [3.63, 3.8) is 0 Å². The Morgan fingerprint density at radius 1 is 1.03 bits per heavy atom. The molecule has 0 spiro atoms. The molecular weight excluding hydrogens is 391 g/mol. The Labute approximate surface area is 175 Å². The third kappa shape index (κ3) is 7.82. The number of halogens is 3. The quantitative estimate of drug-likeness (QED) is 0.543. The first-order valence-electron chi connectivity index (χ1n) is 10.4. The maximum absolute atomic E-state index is 12.4. The zero-order valence-corrected chi connectivity index (χ0v) is 17.0. The molecule has 3 nitrogen and oxygen atoms in total. The van der Waals surface area contributed by atoms with Crippen LogP contribution in [0.4, 0.5) is 13.2 Å². The molecule has 1 aliphatic heterocycles. The van der Waals surface area contributed by atoms with Crippen molar-refractivity contribution in [2.45, 2.75) is 44.8 Å². The lowest BCUT2D eigenvalue weighted by atomic mass is 9.91. The molecule has 0 aromatic heterocycles. The smallest absolute Gasteiger partial charge is 0.422 e. The van der Waals surface area contributed by atoms with E-state index in [0.717, 1.165) is 44.5 Å². The van der Waals surface area contributed by atoms with E-state index in [-0.39, 0.29) is 5.75 Å². The third-order valence-corrected chi connectivity index (χ3v) is 5.39. The summed E-state index contributed by atoms with van der Waals surface area (Å²) in [5.41, 5.74) is 2.23. The van der Waals surface area contributed by atoms with E-state index in [4.69, 9.17) is 4.74 Å². The van der Waals surface area contributed by atoms with Crippen LogP contribution in [0.3, 0.4) is 0 Å². The first-order valence-corrected chi connectivity index (χ1v) is 10.4. The van der Waals surface area contributed by atoms with Crippen LogP contribution in [0.25, 0.3) is 0 Å². The molecule has 0 amide bonds. The minimum Gasteiger partial charge on any atom is -0.484 e. The van der Waals surface area contributed by atoms with Gasteiger partial charge in [-0.3, -0.25) is 9.69 Å². The maximum Gasteiger partial charge on any atom is 0.422 e. The van der Waals surface area contributed by atoms with E-state index in [9.17, 15) is 18.0 Å². The second-order valence-corrected chi connectivity index (χ2v) is 8.02. The van der Waals surface area contributed by atoms with Gasteiger partial charge in [0.05, 0.1) is 0 Å². The van der Waals surface area contributed by atoms with Gasteiger partial charge in [0.1, 0.15) is 11.5 Å². The molecule has 1 aliphatic rings. The van der Waals surface area contributed by atoms with Crippen LogP contribution in [-0.2, 0) is 17.8 Å². The van der Waals surface area contributed by atoms with E-state index in [1.54, 1.807) is 24.3 Å². The molecule has 30 heavy (non-hydrogen) atoms. The highest BCUT2D eigenvalue weighted by atomic mass is 19.4. The molecule has 1 atom stereocenters. The molecule has 3 rings (SSSR count). The van der Waals surface area contributed by atoms with E-state index in [0.29, 0.717) is 24.5 Å². The Kier molecular flexibility index (Phi) is 7.91. The van der Waals surface area contributed by atoms with Gasteiger partial charge < -0.3 is 4.74 Å². The van der Waals surface area contributed by atoms with Crippen LogP contribution in [0.1, 0.15) is 36.8 Å². The number of rotatable bonds is 9. The summed E-state index contributed by atoms with van der Waals surface area (Å²) in [6.07, 6.45) is -0.215. The zero-order valence-electron chi connectivity index (χ0n) is 17.0. The second-order valence-electron chi connectivity index (χ2n) is 8.02. The van der Waals surface area contributed by atoms with Crippen molar-refractivity contribution < 1.29 is 22.7 Å². The fraction of sp³-hybridized carbons (Fsp3) is 0.458. The van der Waals surface area contributed by atoms with Crippen molar-refractivity contribution >= 4 is 5.78 Å². The summed E-state index contributed by atoms with van der Waals surface area (Å²) in [4.78, 5) is 14.7. The lowest BCUT2D eigenvalue weighted by Crippen LogP contribution is -2.35. The average molecular weight is 419 g/mol. The van der Waals surface area contributed by atoms with Crippen LogP contribution in [0, 0.1) is 5.92 Å². The number of carbonyl (C=O) groups is 1. The van der Waals surface area contributed by atoms with Crippen LogP contribution in [0.5, 0.6) is 5.75 Å². The SMILES string of the molecule is O=C(CCc1ccccc1)CC1CCCN(Cc2ccc(OCC(F)(F)F)cc2)C1. The minimum atomic E-state index is -4.33. The number of ether oxygens (including phenoxy) is 1. The molecular formula is C24H28F3NO2.